The Kier molecular flexibility index (Phi) is 5.62. The first-order chi connectivity index (χ1) is 9.56. The van der Waals surface area contributed by atoms with E-state index in [0.29, 0.717) is 6.04 Å². The van der Waals surface area contributed by atoms with Gasteiger partial charge in [0.1, 0.15) is 0 Å². The molecular weight excluding hydrogens is 244 g/mol. The van der Waals surface area contributed by atoms with Crippen LogP contribution < -0.4 is 5.32 Å². The van der Waals surface area contributed by atoms with Crippen LogP contribution >= 0.6 is 0 Å². The Morgan fingerprint density at radius 1 is 1.05 bits per heavy atom. The third-order valence-corrected chi connectivity index (χ3v) is 4.34. The number of aryl methyl sites for hydroxylation is 2. The minimum absolute atomic E-state index is 0.684. The fourth-order valence-corrected chi connectivity index (χ4v) is 3.40. The second-order valence-electron chi connectivity index (χ2n) is 6.68. The Labute approximate surface area is 124 Å². The lowest BCUT2D eigenvalue weighted by atomic mass is 10.0. The van der Waals surface area contributed by atoms with Gasteiger partial charge in [-0.2, -0.15) is 0 Å². The molecule has 2 nitrogen and oxygen atoms in total. The number of hydrogen-bond acceptors (Lipinski definition) is 2. The van der Waals surface area contributed by atoms with Crippen LogP contribution in [0.1, 0.15) is 43.4 Å². The molecule has 1 aliphatic heterocycles. The molecule has 1 N–H and O–H groups in total. The predicted octanol–water partition coefficient (Wildman–Crippen LogP) is 3.51. The minimum Gasteiger partial charge on any atom is -0.311 e. The number of likely N-dealkylation sites (tertiary alicyclic amines) is 1. The van der Waals surface area contributed by atoms with Crippen molar-refractivity contribution < 1.29 is 0 Å². The molecule has 1 aromatic rings. The van der Waals surface area contributed by atoms with E-state index in [-0.39, 0.29) is 0 Å². The van der Waals surface area contributed by atoms with Crippen LogP contribution in [-0.4, -0.2) is 30.6 Å². The third kappa shape index (κ3) is 4.32. The van der Waals surface area contributed by atoms with Crippen molar-refractivity contribution in [2.24, 2.45) is 5.92 Å². The predicted molar refractivity (Wildman–Crippen MR) is 87.1 cm³/mol. The SMILES string of the molecule is Cc1cc(C)cc(CNCC(C(C)C)N2CCCC2)c1. The van der Waals surface area contributed by atoms with Crippen molar-refractivity contribution in [1.29, 1.82) is 0 Å². The monoisotopic (exact) mass is 274 g/mol. The van der Waals surface area contributed by atoms with Crippen molar-refractivity contribution in [1.82, 2.24) is 10.2 Å². The number of rotatable bonds is 6. The van der Waals surface area contributed by atoms with Gasteiger partial charge in [-0.3, -0.25) is 4.90 Å². The van der Waals surface area contributed by atoms with Crippen LogP contribution in [0.15, 0.2) is 18.2 Å². The van der Waals surface area contributed by atoms with Gasteiger partial charge in [0.15, 0.2) is 0 Å². The van der Waals surface area contributed by atoms with Gasteiger partial charge in [0.25, 0.3) is 0 Å². The maximum absolute atomic E-state index is 3.67. The molecule has 112 valence electrons. The van der Waals surface area contributed by atoms with E-state index in [9.17, 15) is 0 Å². The number of nitrogens with zero attached hydrogens (tertiary/aromatic N) is 1. The molecule has 2 heteroatoms. The summed E-state index contributed by atoms with van der Waals surface area (Å²) in [6, 6.07) is 7.51. The molecule has 0 aliphatic carbocycles. The third-order valence-electron chi connectivity index (χ3n) is 4.34. The molecule has 1 heterocycles. The van der Waals surface area contributed by atoms with Crippen molar-refractivity contribution in [3.8, 4) is 0 Å². The normalized spacial score (nSPS) is 17.9. The molecule has 1 saturated heterocycles. The summed E-state index contributed by atoms with van der Waals surface area (Å²) in [5.41, 5.74) is 4.13. The lowest BCUT2D eigenvalue weighted by Gasteiger charge is -2.31. The first kappa shape index (κ1) is 15.5. The van der Waals surface area contributed by atoms with Crippen molar-refractivity contribution >= 4 is 0 Å². The van der Waals surface area contributed by atoms with E-state index in [0.717, 1.165) is 19.0 Å². The summed E-state index contributed by atoms with van der Waals surface area (Å²) in [6.45, 7) is 13.7. The van der Waals surface area contributed by atoms with Gasteiger partial charge in [-0.25, -0.2) is 0 Å². The van der Waals surface area contributed by atoms with Crippen molar-refractivity contribution in [3.63, 3.8) is 0 Å². The van der Waals surface area contributed by atoms with E-state index < -0.39 is 0 Å². The molecule has 0 radical (unpaired) electrons. The van der Waals surface area contributed by atoms with Crippen LogP contribution in [0.25, 0.3) is 0 Å². The second-order valence-corrected chi connectivity index (χ2v) is 6.68. The molecule has 0 bridgehead atoms. The van der Waals surface area contributed by atoms with E-state index in [1.807, 2.05) is 0 Å². The van der Waals surface area contributed by atoms with Gasteiger partial charge in [0.05, 0.1) is 0 Å². The van der Waals surface area contributed by atoms with Gasteiger partial charge in [-0.05, 0) is 51.3 Å². The second kappa shape index (κ2) is 7.24. The molecule has 1 atom stereocenters. The zero-order valence-corrected chi connectivity index (χ0v) is 13.6. The number of hydrogen-bond donors (Lipinski definition) is 1. The highest BCUT2D eigenvalue weighted by molar-refractivity contribution is 5.28. The zero-order chi connectivity index (χ0) is 14.5. The zero-order valence-electron chi connectivity index (χ0n) is 13.6. The molecule has 1 unspecified atom stereocenters. The van der Waals surface area contributed by atoms with Crippen LogP contribution in [0.5, 0.6) is 0 Å². The molecule has 20 heavy (non-hydrogen) atoms. The molecule has 1 aliphatic rings. The van der Waals surface area contributed by atoms with Gasteiger partial charge >= 0.3 is 0 Å². The highest BCUT2D eigenvalue weighted by Crippen LogP contribution is 2.17. The van der Waals surface area contributed by atoms with Gasteiger partial charge in [-0.15, -0.1) is 0 Å². The summed E-state index contributed by atoms with van der Waals surface area (Å²) in [7, 11) is 0. The molecule has 1 fully saturated rings. The highest BCUT2D eigenvalue weighted by atomic mass is 15.2. The Balaban J connectivity index is 1.86. The highest BCUT2D eigenvalue weighted by Gasteiger charge is 2.23. The van der Waals surface area contributed by atoms with Crippen molar-refractivity contribution in [2.45, 2.75) is 53.1 Å². The molecule has 0 spiro atoms. The molecule has 0 aromatic heterocycles. The smallest absolute Gasteiger partial charge is 0.0243 e. The first-order valence-electron chi connectivity index (χ1n) is 8.08. The van der Waals surface area contributed by atoms with E-state index in [4.69, 9.17) is 0 Å². The molecule has 0 saturated carbocycles. The lowest BCUT2D eigenvalue weighted by molar-refractivity contribution is 0.186. The van der Waals surface area contributed by atoms with Gasteiger partial charge < -0.3 is 5.32 Å². The summed E-state index contributed by atoms with van der Waals surface area (Å²) in [4.78, 5) is 2.67. The van der Waals surface area contributed by atoms with Crippen molar-refractivity contribution in [3.05, 3.63) is 34.9 Å². The molecular formula is C18H30N2. The fourth-order valence-electron chi connectivity index (χ4n) is 3.40. The van der Waals surface area contributed by atoms with Crippen LogP contribution in [0, 0.1) is 19.8 Å². The molecule has 0 amide bonds. The summed E-state index contributed by atoms with van der Waals surface area (Å²) in [5, 5.41) is 3.67. The van der Waals surface area contributed by atoms with E-state index in [1.54, 1.807) is 0 Å². The van der Waals surface area contributed by atoms with Crippen LogP contribution in [0.2, 0.25) is 0 Å². The Hall–Kier alpha value is -0.860. The standard InChI is InChI=1S/C18H30N2/c1-14(2)18(20-7-5-6-8-20)13-19-12-17-10-15(3)9-16(4)11-17/h9-11,14,18-19H,5-8,12-13H2,1-4H3. The minimum atomic E-state index is 0.684. The Bertz CT molecular complexity index is 399. The molecule has 1 aromatic carbocycles. The van der Waals surface area contributed by atoms with Crippen LogP contribution in [0.4, 0.5) is 0 Å². The first-order valence-corrected chi connectivity index (χ1v) is 8.08. The summed E-state index contributed by atoms with van der Waals surface area (Å²) in [6.07, 6.45) is 2.75. The summed E-state index contributed by atoms with van der Waals surface area (Å²) in [5.74, 6) is 0.722. The van der Waals surface area contributed by atoms with Gasteiger partial charge in [0.2, 0.25) is 0 Å². The van der Waals surface area contributed by atoms with E-state index in [2.05, 4.69) is 56.1 Å². The largest absolute Gasteiger partial charge is 0.311 e. The average molecular weight is 274 g/mol. The Morgan fingerprint density at radius 3 is 2.20 bits per heavy atom. The topological polar surface area (TPSA) is 15.3 Å². The van der Waals surface area contributed by atoms with E-state index >= 15 is 0 Å². The van der Waals surface area contributed by atoms with Gasteiger partial charge in [0, 0.05) is 19.1 Å². The maximum Gasteiger partial charge on any atom is 0.0243 e. The van der Waals surface area contributed by atoms with E-state index in [1.165, 1.54) is 42.6 Å². The quantitative estimate of drug-likeness (QED) is 0.854. The number of benzene rings is 1. The van der Waals surface area contributed by atoms with Gasteiger partial charge in [-0.1, -0.05) is 43.2 Å². The van der Waals surface area contributed by atoms with Crippen LogP contribution in [0.3, 0.4) is 0 Å². The summed E-state index contributed by atoms with van der Waals surface area (Å²) < 4.78 is 0. The average Bonchev–Trinajstić information content (AvgIpc) is 2.86. The van der Waals surface area contributed by atoms with Crippen molar-refractivity contribution in [2.75, 3.05) is 19.6 Å². The molecule has 2 rings (SSSR count). The maximum atomic E-state index is 3.67. The Morgan fingerprint density at radius 2 is 1.65 bits per heavy atom. The fraction of sp³-hybridized carbons (Fsp3) is 0.667. The van der Waals surface area contributed by atoms with Crippen LogP contribution in [-0.2, 0) is 6.54 Å². The lowest BCUT2D eigenvalue weighted by Crippen LogP contribution is -2.44. The number of nitrogens with one attached hydrogen (secondary N) is 1. The summed E-state index contributed by atoms with van der Waals surface area (Å²) >= 11 is 0.